The molecule has 1 aliphatic heterocycles. The first-order chi connectivity index (χ1) is 12.9. The molecule has 10 heteroatoms. The van der Waals surface area contributed by atoms with Crippen LogP contribution in [0.4, 0.5) is 5.69 Å². The summed E-state index contributed by atoms with van der Waals surface area (Å²) in [5.74, 6) is 0. The number of aromatic nitrogens is 2. The molecule has 0 unspecified atom stereocenters. The molecule has 0 saturated carbocycles. The second-order valence-electron chi connectivity index (χ2n) is 6.29. The molecule has 0 amide bonds. The number of nitrogens with zero attached hydrogens (tertiary/aromatic N) is 4. The van der Waals surface area contributed by atoms with Crippen molar-refractivity contribution in [3.63, 3.8) is 0 Å². The number of hydrogen-bond donors (Lipinski definition) is 0. The molecule has 0 aliphatic carbocycles. The van der Waals surface area contributed by atoms with E-state index in [2.05, 4.69) is 9.97 Å². The third-order valence-electron chi connectivity index (χ3n) is 4.30. The Morgan fingerprint density at radius 3 is 2.48 bits per heavy atom. The van der Waals surface area contributed by atoms with E-state index in [4.69, 9.17) is 0 Å². The Labute approximate surface area is 162 Å². The van der Waals surface area contributed by atoms with Gasteiger partial charge in [-0.05, 0) is 49.7 Å². The first kappa shape index (κ1) is 19.7. The molecule has 0 atom stereocenters. The van der Waals surface area contributed by atoms with Crippen molar-refractivity contribution in [2.75, 3.05) is 13.1 Å². The lowest BCUT2D eigenvalue weighted by Gasteiger charge is -2.20. The minimum Gasteiger partial charge on any atom is -0.258 e. The van der Waals surface area contributed by atoms with Crippen molar-refractivity contribution in [2.24, 2.45) is 0 Å². The number of aryl methyl sites for hydroxylation is 1. The van der Waals surface area contributed by atoms with Crippen LogP contribution in [0.5, 0.6) is 0 Å². The van der Waals surface area contributed by atoms with Gasteiger partial charge in [-0.2, -0.15) is 4.31 Å². The lowest BCUT2D eigenvalue weighted by Crippen LogP contribution is -2.31. The van der Waals surface area contributed by atoms with Gasteiger partial charge in [-0.1, -0.05) is 12.8 Å². The third-order valence-corrected chi connectivity index (χ3v) is 7.14. The summed E-state index contributed by atoms with van der Waals surface area (Å²) in [5.41, 5.74) is 0.483. The van der Waals surface area contributed by atoms with Crippen LogP contribution in [0, 0.1) is 17.0 Å². The van der Waals surface area contributed by atoms with E-state index in [1.165, 1.54) is 16.4 Å². The zero-order valence-corrected chi connectivity index (χ0v) is 16.5. The molecule has 3 rings (SSSR count). The van der Waals surface area contributed by atoms with Crippen LogP contribution in [-0.4, -0.2) is 40.7 Å². The van der Waals surface area contributed by atoms with Gasteiger partial charge >= 0.3 is 0 Å². The van der Waals surface area contributed by atoms with Crippen molar-refractivity contribution in [3.8, 4) is 0 Å². The summed E-state index contributed by atoms with van der Waals surface area (Å²) in [6.45, 7) is 2.70. The Bertz CT molecular complexity index is 942. The molecule has 1 aliphatic rings. The van der Waals surface area contributed by atoms with Crippen molar-refractivity contribution in [3.05, 3.63) is 46.3 Å². The normalized spacial score (nSPS) is 16.0. The van der Waals surface area contributed by atoms with Crippen LogP contribution in [0.3, 0.4) is 0 Å². The predicted molar refractivity (Wildman–Crippen MR) is 101 cm³/mol. The summed E-state index contributed by atoms with van der Waals surface area (Å²) in [7, 11) is -3.75. The summed E-state index contributed by atoms with van der Waals surface area (Å²) in [6, 6.07) is 5.75. The van der Waals surface area contributed by atoms with E-state index < -0.39 is 14.9 Å². The van der Waals surface area contributed by atoms with E-state index in [9.17, 15) is 18.5 Å². The average molecular weight is 409 g/mol. The van der Waals surface area contributed by atoms with Gasteiger partial charge in [0.05, 0.1) is 14.7 Å². The van der Waals surface area contributed by atoms with Gasteiger partial charge in [-0.3, -0.25) is 10.1 Å². The maximum Gasteiger partial charge on any atom is 0.284 e. The standard InChI is InChI=1S/C17H20N4O4S2/c1-13-8-9-18-17(19-13)26-16-7-6-14(12-15(16)21(22)23)27(24,25)20-10-4-2-3-5-11-20/h6-9,12H,2-5,10-11H2,1H3. The second-order valence-corrected chi connectivity index (χ2v) is 9.23. The van der Waals surface area contributed by atoms with E-state index in [1.807, 2.05) is 0 Å². The Morgan fingerprint density at radius 2 is 1.85 bits per heavy atom. The van der Waals surface area contributed by atoms with Crippen molar-refractivity contribution >= 4 is 27.5 Å². The molecule has 0 radical (unpaired) electrons. The van der Waals surface area contributed by atoms with E-state index in [0.717, 1.165) is 49.2 Å². The third kappa shape index (κ3) is 4.63. The molecule has 2 aromatic rings. The number of nitro benzene ring substituents is 1. The molecular weight excluding hydrogens is 388 g/mol. The lowest BCUT2D eigenvalue weighted by molar-refractivity contribution is -0.388. The van der Waals surface area contributed by atoms with Crippen LogP contribution in [0.25, 0.3) is 0 Å². The molecule has 8 nitrogen and oxygen atoms in total. The maximum absolute atomic E-state index is 12.9. The van der Waals surface area contributed by atoms with Gasteiger partial charge in [-0.15, -0.1) is 0 Å². The fourth-order valence-corrected chi connectivity index (χ4v) is 5.30. The molecule has 1 fully saturated rings. The number of rotatable bonds is 5. The van der Waals surface area contributed by atoms with Gasteiger partial charge in [0.15, 0.2) is 5.16 Å². The highest BCUT2D eigenvalue weighted by Gasteiger charge is 2.28. The van der Waals surface area contributed by atoms with E-state index in [0.29, 0.717) is 23.1 Å². The van der Waals surface area contributed by atoms with Gasteiger partial charge in [0.25, 0.3) is 5.69 Å². The van der Waals surface area contributed by atoms with Crippen LogP contribution in [0.1, 0.15) is 31.4 Å². The van der Waals surface area contributed by atoms with Crippen molar-refractivity contribution in [1.82, 2.24) is 14.3 Å². The molecule has 1 aromatic carbocycles. The SMILES string of the molecule is Cc1ccnc(Sc2ccc(S(=O)(=O)N3CCCCCC3)cc2[N+](=O)[O-])n1. The Hall–Kier alpha value is -2.04. The van der Waals surface area contributed by atoms with Crippen LogP contribution in [-0.2, 0) is 10.0 Å². The van der Waals surface area contributed by atoms with Gasteiger partial charge in [0.1, 0.15) is 0 Å². The van der Waals surface area contributed by atoms with Crippen molar-refractivity contribution in [2.45, 2.75) is 47.6 Å². The zero-order chi connectivity index (χ0) is 19.4. The van der Waals surface area contributed by atoms with Gasteiger partial charge in [0.2, 0.25) is 10.0 Å². The highest BCUT2D eigenvalue weighted by molar-refractivity contribution is 7.99. The smallest absolute Gasteiger partial charge is 0.258 e. The van der Waals surface area contributed by atoms with Crippen LogP contribution in [0.15, 0.2) is 45.4 Å². The van der Waals surface area contributed by atoms with Crippen molar-refractivity contribution < 1.29 is 13.3 Å². The predicted octanol–water partition coefficient (Wildman–Crippen LogP) is 3.41. The van der Waals surface area contributed by atoms with Gasteiger partial charge in [-0.25, -0.2) is 18.4 Å². The number of hydrogen-bond acceptors (Lipinski definition) is 7. The zero-order valence-electron chi connectivity index (χ0n) is 14.9. The highest BCUT2D eigenvalue weighted by Crippen LogP contribution is 2.35. The molecule has 0 spiro atoms. The monoisotopic (exact) mass is 408 g/mol. The molecule has 144 valence electrons. The lowest BCUT2D eigenvalue weighted by atomic mass is 10.2. The maximum atomic E-state index is 12.9. The summed E-state index contributed by atoms with van der Waals surface area (Å²) in [6.07, 6.45) is 5.19. The fourth-order valence-electron chi connectivity index (χ4n) is 2.89. The minimum atomic E-state index is -3.75. The number of nitro groups is 1. The fraction of sp³-hybridized carbons (Fsp3) is 0.412. The molecule has 1 aromatic heterocycles. The minimum absolute atomic E-state index is 0.0504. The quantitative estimate of drug-likeness (QED) is 0.424. The molecule has 1 saturated heterocycles. The van der Waals surface area contributed by atoms with Crippen LogP contribution < -0.4 is 0 Å². The van der Waals surface area contributed by atoms with Crippen LogP contribution in [0.2, 0.25) is 0 Å². The summed E-state index contributed by atoms with van der Waals surface area (Å²) in [4.78, 5) is 19.5. The highest BCUT2D eigenvalue weighted by atomic mass is 32.2. The molecular formula is C17H20N4O4S2. The van der Waals surface area contributed by atoms with Gasteiger partial charge in [0, 0.05) is 31.0 Å². The summed E-state index contributed by atoms with van der Waals surface area (Å²) < 4.78 is 27.2. The van der Waals surface area contributed by atoms with E-state index >= 15 is 0 Å². The van der Waals surface area contributed by atoms with Crippen LogP contribution >= 0.6 is 11.8 Å². The molecule has 0 N–H and O–H groups in total. The van der Waals surface area contributed by atoms with E-state index in [-0.39, 0.29) is 10.6 Å². The second kappa shape index (κ2) is 8.32. The Morgan fingerprint density at radius 1 is 1.15 bits per heavy atom. The molecule has 27 heavy (non-hydrogen) atoms. The molecule has 0 bridgehead atoms. The topological polar surface area (TPSA) is 106 Å². The first-order valence-corrected chi connectivity index (χ1v) is 10.9. The van der Waals surface area contributed by atoms with Gasteiger partial charge < -0.3 is 0 Å². The largest absolute Gasteiger partial charge is 0.284 e. The summed E-state index contributed by atoms with van der Waals surface area (Å²) in [5, 5.41) is 11.9. The first-order valence-electron chi connectivity index (χ1n) is 8.64. The Balaban J connectivity index is 1.94. The Kier molecular flexibility index (Phi) is 6.08. The molecule has 2 heterocycles. The van der Waals surface area contributed by atoms with E-state index in [1.54, 1.807) is 19.2 Å². The summed E-state index contributed by atoms with van der Waals surface area (Å²) >= 11 is 1.04. The number of benzene rings is 1. The average Bonchev–Trinajstić information content (AvgIpc) is 2.91. The number of sulfonamides is 1. The van der Waals surface area contributed by atoms with Crippen molar-refractivity contribution in [1.29, 1.82) is 0 Å².